The molecule has 0 saturated carbocycles. The number of aldehydes is 1. The highest BCUT2D eigenvalue weighted by Gasteiger charge is 2.31. The van der Waals surface area contributed by atoms with Crippen molar-refractivity contribution in [2.75, 3.05) is 6.67 Å². The van der Waals surface area contributed by atoms with Gasteiger partial charge in [0.05, 0.1) is 0 Å². The summed E-state index contributed by atoms with van der Waals surface area (Å²) >= 11 is 0. The van der Waals surface area contributed by atoms with Crippen molar-refractivity contribution in [3.8, 4) is 0 Å². The van der Waals surface area contributed by atoms with E-state index in [9.17, 15) is 19.1 Å². The van der Waals surface area contributed by atoms with Gasteiger partial charge in [-0.1, -0.05) is 0 Å². The Hall–Kier alpha value is -1.05. The Kier molecular flexibility index (Phi) is 5.99. The van der Waals surface area contributed by atoms with Gasteiger partial charge in [0.1, 0.15) is 37.3 Å². The van der Waals surface area contributed by atoms with E-state index in [2.05, 4.69) is 0 Å². The maximum absolute atomic E-state index is 11.9. The van der Waals surface area contributed by atoms with Crippen LogP contribution in [0, 0.1) is 0 Å². The van der Waals surface area contributed by atoms with Crippen LogP contribution in [0.5, 0.6) is 0 Å². The molecular weight excluding hydrogens is 209 g/mol. The number of hydrogen-bond donors (Lipinski definition) is 4. The Labute approximate surface area is 85.7 Å². The normalized spacial score (nSPS) is 18.7. The Morgan fingerprint density at radius 1 is 1.40 bits per heavy atom. The minimum absolute atomic E-state index is 0.195. The number of aliphatic hydroxyl groups excluding tert-OH is 3. The lowest BCUT2D eigenvalue weighted by molar-refractivity contribution is -0.128. The molecule has 0 fully saturated rings. The Morgan fingerprint density at radius 2 is 1.93 bits per heavy atom. The van der Waals surface area contributed by atoms with E-state index in [0.29, 0.717) is 0 Å². The van der Waals surface area contributed by atoms with E-state index in [1.165, 1.54) is 0 Å². The van der Waals surface area contributed by atoms with Gasteiger partial charge in [0.25, 0.3) is 0 Å². The van der Waals surface area contributed by atoms with Gasteiger partial charge in [-0.3, -0.25) is 4.79 Å². The van der Waals surface area contributed by atoms with E-state index in [-0.39, 0.29) is 6.29 Å². The van der Waals surface area contributed by atoms with Gasteiger partial charge in [-0.25, -0.2) is 4.39 Å². The second-order valence-corrected chi connectivity index (χ2v) is 3.07. The molecule has 6 nitrogen and oxygen atoms in total. The van der Waals surface area contributed by atoms with Gasteiger partial charge >= 0.3 is 0 Å². The highest BCUT2D eigenvalue weighted by Crippen LogP contribution is 2.04. The molecule has 0 aliphatic carbocycles. The molecule has 0 aromatic rings. The first-order valence-corrected chi connectivity index (χ1v) is 4.26. The van der Waals surface area contributed by atoms with Gasteiger partial charge in [-0.2, -0.15) is 0 Å². The van der Waals surface area contributed by atoms with Crippen molar-refractivity contribution in [1.29, 1.82) is 0 Å². The second kappa shape index (κ2) is 6.44. The van der Waals surface area contributed by atoms with Gasteiger partial charge < -0.3 is 25.4 Å². The zero-order valence-corrected chi connectivity index (χ0v) is 8.13. The third-order valence-corrected chi connectivity index (χ3v) is 1.79. The molecule has 0 aromatic carbocycles. The average Bonchev–Trinajstić information content (AvgIpc) is 2.22. The summed E-state index contributed by atoms with van der Waals surface area (Å²) in [5.74, 6) is -0.590. The molecule has 7 heteroatoms. The molecule has 4 atom stereocenters. The van der Waals surface area contributed by atoms with Crippen molar-refractivity contribution in [1.82, 2.24) is 5.32 Å². The number of hydrogen-bond acceptors (Lipinski definition) is 5. The van der Waals surface area contributed by atoms with Crippen LogP contribution in [0.15, 0.2) is 0 Å². The molecule has 0 unspecified atom stereocenters. The summed E-state index contributed by atoms with van der Waals surface area (Å²) in [6, 6.07) is -1.38. The molecule has 0 heterocycles. The smallest absolute Gasteiger partial charge is 0.217 e. The molecule has 1 amide bonds. The molecule has 0 aliphatic rings. The van der Waals surface area contributed by atoms with E-state index in [0.717, 1.165) is 6.92 Å². The Balaban J connectivity index is 4.42. The largest absolute Gasteiger partial charge is 0.388 e. The summed E-state index contributed by atoms with van der Waals surface area (Å²) in [7, 11) is 0. The lowest BCUT2D eigenvalue weighted by Gasteiger charge is -2.25. The van der Waals surface area contributed by atoms with Crippen LogP contribution in [0.1, 0.15) is 6.92 Å². The molecular formula is C8H14FNO5. The first-order valence-electron chi connectivity index (χ1n) is 4.26. The third-order valence-electron chi connectivity index (χ3n) is 1.79. The predicted octanol–water partition coefficient (Wildman–Crippen LogP) is -2.26. The summed E-state index contributed by atoms with van der Waals surface area (Å²) in [5, 5.41) is 29.4. The van der Waals surface area contributed by atoms with Gasteiger partial charge in [0, 0.05) is 6.92 Å². The minimum Gasteiger partial charge on any atom is -0.388 e. The molecule has 0 rings (SSSR count). The number of aliphatic hydroxyl groups is 3. The first-order chi connectivity index (χ1) is 6.93. The number of nitrogens with one attached hydrogen (secondary N) is 1. The fourth-order valence-corrected chi connectivity index (χ4v) is 0.966. The van der Waals surface area contributed by atoms with Gasteiger partial charge in [0.2, 0.25) is 5.91 Å². The number of halogens is 1. The molecule has 0 radical (unpaired) electrons. The highest BCUT2D eigenvalue weighted by atomic mass is 19.1. The number of carbonyl (C=O) groups is 2. The van der Waals surface area contributed by atoms with Gasteiger partial charge in [-0.05, 0) is 0 Å². The van der Waals surface area contributed by atoms with E-state index in [4.69, 9.17) is 10.2 Å². The summed E-state index contributed by atoms with van der Waals surface area (Å²) in [4.78, 5) is 21.0. The van der Waals surface area contributed by atoms with E-state index < -0.39 is 36.9 Å². The highest BCUT2D eigenvalue weighted by molar-refractivity contribution is 5.77. The number of alkyl halides is 1. The van der Waals surface area contributed by atoms with E-state index >= 15 is 0 Å². The summed E-state index contributed by atoms with van der Waals surface area (Å²) in [6.07, 6.45) is -5.19. The number of rotatable bonds is 6. The summed E-state index contributed by atoms with van der Waals surface area (Å²) in [6.45, 7) is -0.148. The minimum atomic E-state index is -1.84. The number of carbonyl (C=O) groups excluding carboxylic acids is 2. The molecule has 15 heavy (non-hydrogen) atoms. The molecule has 88 valence electrons. The van der Waals surface area contributed by atoms with E-state index in [1.807, 2.05) is 5.32 Å². The zero-order valence-electron chi connectivity index (χ0n) is 8.13. The monoisotopic (exact) mass is 223 g/mol. The van der Waals surface area contributed by atoms with Crippen molar-refractivity contribution in [3.63, 3.8) is 0 Å². The fourth-order valence-electron chi connectivity index (χ4n) is 0.966. The van der Waals surface area contributed by atoms with Crippen LogP contribution in [0.3, 0.4) is 0 Å². The summed E-state index contributed by atoms with van der Waals surface area (Å²) < 4.78 is 11.9. The molecule has 0 saturated heterocycles. The average molecular weight is 223 g/mol. The Morgan fingerprint density at radius 3 is 2.27 bits per heavy atom. The zero-order chi connectivity index (χ0) is 12.0. The topological polar surface area (TPSA) is 107 Å². The predicted molar refractivity (Wildman–Crippen MR) is 47.7 cm³/mol. The fraction of sp³-hybridized carbons (Fsp3) is 0.750. The molecule has 0 spiro atoms. The van der Waals surface area contributed by atoms with Crippen LogP contribution in [-0.2, 0) is 9.59 Å². The third kappa shape index (κ3) is 4.32. The van der Waals surface area contributed by atoms with Crippen LogP contribution in [0.4, 0.5) is 4.39 Å². The number of amides is 1. The van der Waals surface area contributed by atoms with Crippen molar-refractivity contribution in [3.05, 3.63) is 0 Å². The maximum Gasteiger partial charge on any atom is 0.217 e. The molecule has 0 aliphatic heterocycles. The van der Waals surface area contributed by atoms with Crippen molar-refractivity contribution in [2.45, 2.75) is 31.3 Å². The van der Waals surface area contributed by atoms with Gasteiger partial charge in [-0.15, -0.1) is 0 Å². The van der Waals surface area contributed by atoms with Crippen molar-refractivity contribution < 1.29 is 29.3 Å². The Bertz CT molecular complexity index is 225. The van der Waals surface area contributed by atoms with Crippen molar-refractivity contribution >= 4 is 12.2 Å². The maximum atomic E-state index is 11.9. The molecule has 0 bridgehead atoms. The lowest BCUT2D eigenvalue weighted by atomic mass is 10.0. The SMILES string of the molecule is CC(=O)N[C@@H](C=O)[C@@H](O)[C@@H](O)[C@H](O)CF. The molecule has 0 aromatic heterocycles. The standard InChI is InChI=1S/C8H14FNO5/c1-4(12)10-5(3-11)7(14)8(15)6(13)2-9/h3,5-8,13-15H,2H2,1H3,(H,10,12)/t5-,6+,7+,8-/m0/s1. The van der Waals surface area contributed by atoms with Crippen LogP contribution in [0.25, 0.3) is 0 Å². The van der Waals surface area contributed by atoms with Crippen LogP contribution in [-0.4, -0.2) is 58.5 Å². The summed E-state index contributed by atoms with van der Waals surface area (Å²) in [5.41, 5.74) is 0. The molecule has 4 N–H and O–H groups in total. The second-order valence-electron chi connectivity index (χ2n) is 3.07. The first kappa shape index (κ1) is 13.9. The lowest BCUT2D eigenvalue weighted by Crippen LogP contribution is -2.52. The van der Waals surface area contributed by atoms with E-state index in [1.54, 1.807) is 0 Å². The van der Waals surface area contributed by atoms with Crippen molar-refractivity contribution in [2.24, 2.45) is 0 Å². The van der Waals surface area contributed by atoms with Gasteiger partial charge in [0.15, 0.2) is 0 Å². The van der Waals surface area contributed by atoms with Crippen LogP contribution in [0.2, 0.25) is 0 Å². The quantitative estimate of drug-likeness (QED) is 0.380. The van der Waals surface area contributed by atoms with Crippen LogP contribution >= 0.6 is 0 Å². The van der Waals surface area contributed by atoms with Crippen LogP contribution < -0.4 is 5.32 Å².